The molecule has 0 bridgehead atoms. The van der Waals surface area contributed by atoms with Gasteiger partial charge >= 0.3 is 0 Å². The molecular weight excluding hydrogens is 176 g/mol. The molecule has 2 heteroatoms. The van der Waals surface area contributed by atoms with Crippen molar-refractivity contribution in [3.63, 3.8) is 0 Å². The van der Waals surface area contributed by atoms with Crippen LogP contribution in [-0.2, 0) is 4.43 Å². The highest BCUT2D eigenvalue weighted by molar-refractivity contribution is 6.69. The van der Waals surface area contributed by atoms with Gasteiger partial charge in [-0.3, -0.25) is 0 Å². The predicted octanol–water partition coefficient (Wildman–Crippen LogP) is 3.97. The predicted molar refractivity (Wildman–Crippen MR) is 62.6 cm³/mol. The van der Waals surface area contributed by atoms with Gasteiger partial charge < -0.3 is 4.43 Å². The summed E-state index contributed by atoms with van der Waals surface area (Å²) in [6.45, 7) is 11.1. The molecule has 0 amide bonds. The van der Waals surface area contributed by atoms with Gasteiger partial charge in [-0.05, 0) is 39.4 Å². The van der Waals surface area contributed by atoms with Crippen LogP contribution in [0.15, 0.2) is 12.2 Å². The van der Waals surface area contributed by atoms with E-state index in [1.807, 2.05) is 0 Å². The topological polar surface area (TPSA) is 9.23 Å². The molecule has 0 aromatic carbocycles. The van der Waals surface area contributed by atoms with Gasteiger partial charge in [-0.1, -0.05) is 25.5 Å². The Morgan fingerprint density at radius 1 is 1.31 bits per heavy atom. The van der Waals surface area contributed by atoms with E-state index in [2.05, 4.69) is 45.6 Å². The molecule has 0 aliphatic heterocycles. The second kappa shape index (κ2) is 6.38. The second-order valence-corrected chi connectivity index (χ2v) is 8.91. The quantitative estimate of drug-likeness (QED) is 0.465. The van der Waals surface area contributed by atoms with Crippen molar-refractivity contribution in [3.05, 3.63) is 12.2 Å². The minimum Gasteiger partial charge on any atom is -0.414 e. The third kappa shape index (κ3) is 8.25. The molecule has 0 aliphatic rings. The van der Waals surface area contributed by atoms with E-state index >= 15 is 0 Å². The van der Waals surface area contributed by atoms with E-state index in [1.54, 1.807) is 0 Å². The van der Waals surface area contributed by atoms with Gasteiger partial charge in [-0.2, -0.15) is 0 Å². The summed E-state index contributed by atoms with van der Waals surface area (Å²) in [7, 11) is -1.34. The molecule has 0 radical (unpaired) electrons. The summed E-state index contributed by atoms with van der Waals surface area (Å²) in [6.07, 6.45) is 8.25. The smallest absolute Gasteiger partial charge is 0.184 e. The average Bonchev–Trinajstić information content (AvgIpc) is 1.98. The van der Waals surface area contributed by atoms with Crippen molar-refractivity contribution < 1.29 is 4.43 Å². The third-order valence-electron chi connectivity index (χ3n) is 1.77. The molecule has 0 rings (SSSR count). The minimum absolute atomic E-state index is 0.452. The highest BCUT2D eigenvalue weighted by Gasteiger charge is 2.19. The lowest BCUT2D eigenvalue weighted by Gasteiger charge is -2.25. The summed E-state index contributed by atoms with van der Waals surface area (Å²) in [6, 6.07) is 0. The SMILES string of the molecule is CC=CCC(CCC)O[Si](C)(C)C. The third-order valence-corrected chi connectivity index (χ3v) is 2.81. The zero-order valence-corrected chi connectivity index (χ0v) is 10.8. The van der Waals surface area contributed by atoms with Crippen molar-refractivity contribution in [1.82, 2.24) is 0 Å². The first kappa shape index (κ1) is 12.9. The lowest BCUT2D eigenvalue weighted by atomic mass is 10.1. The first-order chi connectivity index (χ1) is 5.99. The molecule has 0 aromatic rings. The highest BCUT2D eigenvalue weighted by atomic mass is 28.4. The normalized spacial score (nSPS) is 15.2. The van der Waals surface area contributed by atoms with Crippen molar-refractivity contribution in [2.45, 2.75) is 58.9 Å². The van der Waals surface area contributed by atoms with Crippen LogP contribution in [0.3, 0.4) is 0 Å². The Labute approximate surface area is 84.3 Å². The van der Waals surface area contributed by atoms with Crippen molar-refractivity contribution >= 4 is 8.32 Å². The van der Waals surface area contributed by atoms with E-state index in [4.69, 9.17) is 4.43 Å². The minimum atomic E-state index is -1.34. The van der Waals surface area contributed by atoms with Gasteiger partial charge in [0.2, 0.25) is 0 Å². The van der Waals surface area contributed by atoms with Crippen LogP contribution in [-0.4, -0.2) is 14.4 Å². The van der Waals surface area contributed by atoms with Gasteiger partial charge in [0.1, 0.15) is 0 Å². The van der Waals surface area contributed by atoms with Crippen LogP contribution in [0.1, 0.15) is 33.1 Å². The maximum absolute atomic E-state index is 6.07. The Bertz CT molecular complexity index is 147. The Hall–Kier alpha value is -0.0831. The van der Waals surface area contributed by atoms with Crippen molar-refractivity contribution in [2.75, 3.05) is 0 Å². The molecule has 0 saturated carbocycles. The number of hydrogen-bond donors (Lipinski definition) is 0. The van der Waals surface area contributed by atoms with E-state index in [1.165, 1.54) is 12.8 Å². The maximum atomic E-state index is 6.07. The molecule has 0 spiro atoms. The molecule has 0 saturated heterocycles. The second-order valence-electron chi connectivity index (χ2n) is 4.45. The summed E-state index contributed by atoms with van der Waals surface area (Å²) in [5, 5.41) is 0. The number of rotatable bonds is 6. The zero-order valence-electron chi connectivity index (χ0n) is 9.76. The first-order valence-electron chi connectivity index (χ1n) is 5.28. The van der Waals surface area contributed by atoms with Crippen LogP contribution in [0, 0.1) is 0 Å². The van der Waals surface area contributed by atoms with Gasteiger partial charge in [-0.25, -0.2) is 0 Å². The van der Waals surface area contributed by atoms with E-state index in [9.17, 15) is 0 Å². The Morgan fingerprint density at radius 3 is 2.31 bits per heavy atom. The fourth-order valence-corrected chi connectivity index (χ4v) is 2.55. The largest absolute Gasteiger partial charge is 0.414 e. The van der Waals surface area contributed by atoms with Crippen molar-refractivity contribution in [2.24, 2.45) is 0 Å². The van der Waals surface area contributed by atoms with Crippen LogP contribution in [0.25, 0.3) is 0 Å². The Morgan fingerprint density at radius 2 is 1.92 bits per heavy atom. The lowest BCUT2D eigenvalue weighted by Crippen LogP contribution is -2.31. The first-order valence-corrected chi connectivity index (χ1v) is 8.69. The maximum Gasteiger partial charge on any atom is 0.184 e. The summed E-state index contributed by atoms with van der Waals surface area (Å²) in [5.74, 6) is 0. The number of allylic oxidation sites excluding steroid dienone is 1. The van der Waals surface area contributed by atoms with Gasteiger partial charge in [0.25, 0.3) is 0 Å². The van der Waals surface area contributed by atoms with Crippen molar-refractivity contribution in [3.8, 4) is 0 Å². The van der Waals surface area contributed by atoms with Crippen LogP contribution >= 0.6 is 0 Å². The molecule has 0 heterocycles. The van der Waals surface area contributed by atoms with Crippen LogP contribution < -0.4 is 0 Å². The fourth-order valence-electron chi connectivity index (χ4n) is 1.33. The van der Waals surface area contributed by atoms with E-state index < -0.39 is 8.32 Å². The summed E-state index contributed by atoms with van der Waals surface area (Å²) in [5.41, 5.74) is 0. The standard InChI is InChI=1S/C11H24OSi/c1-6-8-10-11(9-7-2)12-13(3,4)5/h6,8,11H,7,9-10H2,1-5H3. The molecular formula is C11H24OSi. The van der Waals surface area contributed by atoms with E-state index in [-0.39, 0.29) is 0 Å². The van der Waals surface area contributed by atoms with Gasteiger partial charge in [0.05, 0.1) is 0 Å². The molecule has 0 aliphatic carbocycles. The molecule has 0 N–H and O–H groups in total. The van der Waals surface area contributed by atoms with E-state index in [0.717, 1.165) is 6.42 Å². The molecule has 1 nitrogen and oxygen atoms in total. The lowest BCUT2D eigenvalue weighted by molar-refractivity contribution is 0.185. The van der Waals surface area contributed by atoms with Crippen LogP contribution in [0.5, 0.6) is 0 Å². The summed E-state index contributed by atoms with van der Waals surface area (Å²) < 4.78 is 6.07. The van der Waals surface area contributed by atoms with Gasteiger partial charge in [0, 0.05) is 6.10 Å². The zero-order chi connectivity index (χ0) is 10.3. The Balaban J connectivity index is 3.93. The average molecular weight is 200 g/mol. The fraction of sp³-hybridized carbons (Fsp3) is 0.818. The molecule has 1 unspecified atom stereocenters. The Kier molecular flexibility index (Phi) is 6.34. The molecule has 78 valence electrons. The molecule has 13 heavy (non-hydrogen) atoms. The van der Waals surface area contributed by atoms with E-state index in [0.29, 0.717) is 6.10 Å². The van der Waals surface area contributed by atoms with Crippen LogP contribution in [0.2, 0.25) is 19.6 Å². The van der Waals surface area contributed by atoms with Crippen LogP contribution in [0.4, 0.5) is 0 Å². The van der Waals surface area contributed by atoms with Gasteiger partial charge in [-0.15, -0.1) is 0 Å². The van der Waals surface area contributed by atoms with Gasteiger partial charge in [0.15, 0.2) is 8.32 Å². The summed E-state index contributed by atoms with van der Waals surface area (Å²) >= 11 is 0. The molecule has 0 fully saturated rings. The molecule has 1 atom stereocenters. The summed E-state index contributed by atoms with van der Waals surface area (Å²) in [4.78, 5) is 0. The monoisotopic (exact) mass is 200 g/mol. The number of hydrogen-bond acceptors (Lipinski definition) is 1. The van der Waals surface area contributed by atoms with Crippen molar-refractivity contribution in [1.29, 1.82) is 0 Å². The molecule has 0 aromatic heterocycles. The highest BCUT2D eigenvalue weighted by Crippen LogP contribution is 2.14.